The molecule has 0 aliphatic heterocycles. The van der Waals surface area contributed by atoms with Gasteiger partial charge in [0.2, 0.25) is 11.8 Å². The Labute approximate surface area is 162 Å². The van der Waals surface area contributed by atoms with Crippen LogP contribution in [0.3, 0.4) is 0 Å². The molecule has 3 aromatic rings. The standard InChI is InChI=1S/C20H20N2O2S2/c1-14-18(22-20(24-14)16-7-9-17(25)10-8-16)12-26-13-19(23)21-11-15-5-3-2-4-6-15/h2-10,25H,11-13H2,1H3,(H,21,23). The zero-order valence-electron chi connectivity index (χ0n) is 14.4. The van der Waals surface area contributed by atoms with Gasteiger partial charge in [-0.15, -0.1) is 24.4 Å². The van der Waals surface area contributed by atoms with Crippen LogP contribution >= 0.6 is 24.4 Å². The van der Waals surface area contributed by atoms with E-state index in [1.54, 1.807) is 0 Å². The van der Waals surface area contributed by atoms with Gasteiger partial charge in [-0.3, -0.25) is 4.79 Å². The quantitative estimate of drug-likeness (QED) is 0.590. The summed E-state index contributed by atoms with van der Waals surface area (Å²) < 4.78 is 5.75. The Balaban J connectivity index is 1.49. The summed E-state index contributed by atoms with van der Waals surface area (Å²) in [4.78, 5) is 17.4. The third-order valence-electron chi connectivity index (χ3n) is 3.81. The van der Waals surface area contributed by atoms with Crippen LogP contribution in [0, 0.1) is 6.92 Å². The van der Waals surface area contributed by atoms with E-state index >= 15 is 0 Å². The van der Waals surface area contributed by atoms with E-state index in [1.807, 2.05) is 61.5 Å². The van der Waals surface area contributed by atoms with Crippen LogP contribution in [-0.4, -0.2) is 16.6 Å². The summed E-state index contributed by atoms with van der Waals surface area (Å²) in [6.07, 6.45) is 0. The molecule has 0 unspecified atom stereocenters. The highest BCUT2D eigenvalue weighted by molar-refractivity contribution is 7.99. The molecule has 0 saturated heterocycles. The predicted octanol–water partition coefficient (Wildman–Crippen LogP) is 4.49. The van der Waals surface area contributed by atoms with E-state index < -0.39 is 0 Å². The van der Waals surface area contributed by atoms with Gasteiger partial charge in [0, 0.05) is 22.8 Å². The fourth-order valence-electron chi connectivity index (χ4n) is 2.38. The fraction of sp³-hybridized carbons (Fsp3) is 0.200. The summed E-state index contributed by atoms with van der Waals surface area (Å²) in [5.41, 5.74) is 2.88. The summed E-state index contributed by atoms with van der Waals surface area (Å²) in [5.74, 6) is 2.43. The first kappa shape index (κ1) is 18.6. The summed E-state index contributed by atoms with van der Waals surface area (Å²) in [5, 5.41) is 2.93. The highest BCUT2D eigenvalue weighted by Gasteiger charge is 2.12. The predicted molar refractivity (Wildman–Crippen MR) is 108 cm³/mol. The first-order valence-corrected chi connectivity index (χ1v) is 9.86. The molecule has 2 aromatic carbocycles. The van der Waals surface area contributed by atoms with E-state index in [0.717, 1.165) is 27.5 Å². The number of thiol groups is 1. The minimum absolute atomic E-state index is 0.0181. The van der Waals surface area contributed by atoms with Gasteiger partial charge in [-0.1, -0.05) is 30.3 Å². The molecule has 0 aliphatic carbocycles. The lowest BCUT2D eigenvalue weighted by Gasteiger charge is -2.04. The smallest absolute Gasteiger partial charge is 0.230 e. The number of hydrogen-bond acceptors (Lipinski definition) is 5. The molecular weight excluding hydrogens is 364 g/mol. The molecule has 134 valence electrons. The van der Waals surface area contributed by atoms with E-state index in [2.05, 4.69) is 22.9 Å². The number of carbonyl (C=O) groups is 1. The molecule has 0 fully saturated rings. The molecule has 0 atom stereocenters. The minimum atomic E-state index is 0.0181. The Morgan fingerprint density at radius 1 is 1.15 bits per heavy atom. The van der Waals surface area contributed by atoms with E-state index in [4.69, 9.17) is 4.42 Å². The first-order chi connectivity index (χ1) is 12.6. The van der Waals surface area contributed by atoms with Crippen molar-refractivity contribution in [2.75, 3.05) is 5.75 Å². The van der Waals surface area contributed by atoms with Crippen LogP contribution in [0.15, 0.2) is 63.9 Å². The third-order valence-corrected chi connectivity index (χ3v) is 5.05. The van der Waals surface area contributed by atoms with Crippen LogP contribution < -0.4 is 5.32 Å². The van der Waals surface area contributed by atoms with Crippen molar-refractivity contribution < 1.29 is 9.21 Å². The number of carbonyl (C=O) groups excluding carboxylic acids is 1. The second-order valence-electron chi connectivity index (χ2n) is 5.82. The van der Waals surface area contributed by atoms with E-state index in [-0.39, 0.29) is 5.91 Å². The van der Waals surface area contributed by atoms with Crippen molar-refractivity contribution in [2.24, 2.45) is 0 Å². The van der Waals surface area contributed by atoms with E-state index in [9.17, 15) is 4.79 Å². The molecule has 0 saturated carbocycles. The molecule has 0 radical (unpaired) electrons. The molecule has 4 nitrogen and oxygen atoms in total. The number of aromatic nitrogens is 1. The lowest BCUT2D eigenvalue weighted by Crippen LogP contribution is -2.24. The van der Waals surface area contributed by atoms with Crippen LogP contribution in [-0.2, 0) is 17.1 Å². The van der Waals surface area contributed by atoms with Crippen LogP contribution in [0.4, 0.5) is 0 Å². The second kappa shape index (κ2) is 8.96. The Hall–Kier alpha value is -2.18. The van der Waals surface area contributed by atoms with Gasteiger partial charge < -0.3 is 9.73 Å². The van der Waals surface area contributed by atoms with Gasteiger partial charge in [-0.05, 0) is 36.8 Å². The number of oxazole rings is 1. The number of benzene rings is 2. The zero-order chi connectivity index (χ0) is 18.4. The fourth-order valence-corrected chi connectivity index (χ4v) is 3.38. The van der Waals surface area contributed by atoms with E-state index in [1.165, 1.54) is 11.8 Å². The largest absolute Gasteiger partial charge is 0.441 e. The Bertz CT molecular complexity index is 861. The molecule has 6 heteroatoms. The summed E-state index contributed by atoms with van der Waals surface area (Å²) in [7, 11) is 0. The van der Waals surface area contributed by atoms with Crippen molar-refractivity contribution in [3.63, 3.8) is 0 Å². The van der Waals surface area contributed by atoms with Gasteiger partial charge in [-0.25, -0.2) is 4.98 Å². The van der Waals surface area contributed by atoms with Crippen molar-refractivity contribution in [1.82, 2.24) is 10.3 Å². The second-order valence-corrected chi connectivity index (χ2v) is 7.33. The van der Waals surface area contributed by atoms with E-state index in [0.29, 0.717) is 23.9 Å². The van der Waals surface area contributed by atoms with Gasteiger partial charge in [0.05, 0.1) is 11.4 Å². The van der Waals surface area contributed by atoms with Crippen molar-refractivity contribution >= 4 is 30.3 Å². The number of nitrogens with zero attached hydrogens (tertiary/aromatic N) is 1. The molecule has 1 heterocycles. The number of thioether (sulfide) groups is 1. The van der Waals surface area contributed by atoms with Gasteiger partial charge in [0.1, 0.15) is 5.76 Å². The summed E-state index contributed by atoms with van der Waals surface area (Å²) in [6, 6.07) is 17.6. The average molecular weight is 385 g/mol. The van der Waals surface area contributed by atoms with Crippen LogP contribution in [0.5, 0.6) is 0 Å². The van der Waals surface area contributed by atoms with Crippen molar-refractivity contribution in [2.45, 2.75) is 24.1 Å². The lowest BCUT2D eigenvalue weighted by atomic mass is 10.2. The normalized spacial score (nSPS) is 10.7. The molecular formula is C20H20N2O2S2. The molecule has 0 aliphatic rings. The van der Waals surface area contributed by atoms with Gasteiger partial charge in [-0.2, -0.15) is 0 Å². The molecule has 0 spiro atoms. The number of rotatable bonds is 7. The van der Waals surface area contributed by atoms with Crippen molar-refractivity contribution in [3.05, 3.63) is 71.6 Å². The molecule has 0 bridgehead atoms. The third kappa shape index (κ3) is 5.16. The first-order valence-electron chi connectivity index (χ1n) is 8.26. The number of amides is 1. The highest BCUT2D eigenvalue weighted by Crippen LogP contribution is 2.25. The minimum Gasteiger partial charge on any atom is -0.441 e. The number of aryl methyl sites for hydroxylation is 1. The molecule has 1 N–H and O–H groups in total. The summed E-state index contributed by atoms with van der Waals surface area (Å²) >= 11 is 5.81. The van der Waals surface area contributed by atoms with Gasteiger partial charge in [0.25, 0.3) is 0 Å². The molecule has 26 heavy (non-hydrogen) atoms. The topological polar surface area (TPSA) is 55.1 Å². The van der Waals surface area contributed by atoms with Gasteiger partial charge in [0.15, 0.2) is 0 Å². The Kier molecular flexibility index (Phi) is 6.41. The number of nitrogens with one attached hydrogen (secondary N) is 1. The molecule has 1 aromatic heterocycles. The SMILES string of the molecule is Cc1oc(-c2ccc(S)cc2)nc1CSCC(=O)NCc1ccccc1. The maximum absolute atomic E-state index is 12.0. The van der Waals surface area contributed by atoms with Crippen LogP contribution in [0.2, 0.25) is 0 Å². The van der Waals surface area contributed by atoms with Gasteiger partial charge >= 0.3 is 0 Å². The zero-order valence-corrected chi connectivity index (χ0v) is 16.1. The van der Waals surface area contributed by atoms with Crippen LogP contribution in [0.1, 0.15) is 17.0 Å². The Morgan fingerprint density at radius 3 is 2.62 bits per heavy atom. The maximum atomic E-state index is 12.0. The van der Waals surface area contributed by atoms with Crippen molar-refractivity contribution in [1.29, 1.82) is 0 Å². The lowest BCUT2D eigenvalue weighted by molar-refractivity contribution is -0.118. The maximum Gasteiger partial charge on any atom is 0.230 e. The Morgan fingerprint density at radius 2 is 1.88 bits per heavy atom. The van der Waals surface area contributed by atoms with Crippen molar-refractivity contribution in [3.8, 4) is 11.5 Å². The molecule has 1 amide bonds. The summed E-state index contributed by atoms with van der Waals surface area (Å²) in [6.45, 7) is 2.45. The monoisotopic (exact) mass is 384 g/mol. The molecule has 3 rings (SSSR count). The van der Waals surface area contributed by atoms with Crippen LogP contribution in [0.25, 0.3) is 11.5 Å². The average Bonchev–Trinajstić information content (AvgIpc) is 3.02. The number of hydrogen-bond donors (Lipinski definition) is 2. The highest BCUT2D eigenvalue weighted by atomic mass is 32.2.